The van der Waals surface area contributed by atoms with Crippen LogP contribution in [0, 0.1) is 0 Å². The molecule has 0 unspecified atom stereocenters. The maximum Gasteiger partial charge on any atom is 0.215 e. The number of carbonyl (C=O) groups is 1. The van der Waals surface area contributed by atoms with Crippen LogP contribution in [-0.4, -0.2) is 36.6 Å². The van der Waals surface area contributed by atoms with E-state index in [1.807, 2.05) is 0 Å². The van der Waals surface area contributed by atoms with Crippen LogP contribution in [0.5, 0.6) is 0 Å². The third kappa shape index (κ3) is 3.29. The van der Waals surface area contributed by atoms with Crippen molar-refractivity contribution in [2.45, 2.75) is 0 Å². The minimum atomic E-state index is 0.140. The highest BCUT2D eigenvalue weighted by atomic mass is 127. The molecule has 8 heavy (non-hydrogen) atoms. The molecule has 0 heterocycles. The predicted molar refractivity (Wildman–Crippen MR) is 45.5 cm³/mol. The number of rotatable bonds is 2. The fraction of sp³-hybridized carbons (Fsp3) is 0.750. The highest BCUT2D eigenvalue weighted by Gasteiger charge is 1.96. The molecule has 0 bridgehead atoms. The number of hydrogen-bond donors (Lipinski definition) is 0. The van der Waals surface area contributed by atoms with Gasteiger partial charge in [-0.05, 0) is 0 Å². The smallest absolute Gasteiger partial charge is 0.215 e. The van der Waals surface area contributed by atoms with Crippen LogP contribution in [0.1, 0.15) is 0 Å². The maximum absolute atomic E-state index is 10.5. The Bertz CT molecular complexity index is 88.1. The quantitative estimate of drug-likeness (QED) is 0.371. The lowest BCUT2D eigenvalue weighted by Crippen LogP contribution is -2.26. The summed E-state index contributed by atoms with van der Waals surface area (Å²) in [6.45, 7) is 0.857. The summed E-state index contributed by atoms with van der Waals surface area (Å²) in [7, 11) is 3.38. The zero-order chi connectivity index (χ0) is 6.57. The molecule has 0 N–H and O–H groups in total. The second-order valence-corrected chi connectivity index (χ2v) is 2.71. The highest BCUT2D eigenvalue weighted by Crippen LogP contribution is 1.86. The summed E-state index contributed by atoms with van der Waals surface area (Å²) in [5.74, 6) is 0.140. The summed E-state index contributed by atoms with van der Waals surface area (Å²) in [5, 5.41) is 0. The summed E-state index contributed by atoms with van der Waals surface area (Å²) in [6, 6.07) is 0. The van der Waals surface area contributed by atoms with E-state index in [0.717, 1.165) is 11.0 Å². The van der Waals surface area contributed by atoms with Crippen LogP contribution in [0.2, 0.25) is 0 Å². The Kier molecular flexibility index (Phi) is 4.31. The zero-order valence-electron chi connectivity index (χ0n) is 5.15. The molecule has 0 aromatic rings. The highest BCUT2D eigenvalue weighted by molar-refractivity contribution is 14.1. The van der Waals surface area contributed by atoms with Gasteiger partial charge in [0.25, 0.3) is 0 Å². The van der Waals surface area contributed by atoms with Crippen LogP contribution < -0.4 is 0 Å². The lowest BCUT2D eigenvalue weighted by molar-refractivity contribution is 0.235. The second-order valence-electron chi connectivity index (χ2n) is 1.63. The molecule has 0 aliphatic heterocycles. The fourth-order valence-corrected chi connectivity index (χ4v) is 1.01. The van der Waals surface area contributed by atoms with Gasteiger partial charge in [0, 0.05) is 18.0 Å². The Labute approximate surface area is 64.2 Å². The van der Waals surface area contributed by atoms with Gasteiger partial charge in [0.05, 0.1) is 0 Å². The van der Waals surface area contributed by atoms with E-state index >= 15 is 0 Å². The molecule has 0 aromatic carbocycles. The van der Waals surface area contributed by atoms with E-state index in [2.05, 4.69) is 22.6 Å². The molecular formula is C4H9BINO. The van der Waals surface area contributed by atoms with E-state index in [1.165, 1.54) is 0 Å². The standard InChI is InChI=1S/C4H9BINO/c1-7(3-2-6)4(5)8/h2-3,5H2,1H3. The minimum Gasteiger partial charge on any atom is -0.354 e. The van der Waals surface area contributed by atoms with Gasteiger partial charge in [0.2, 0.25) is 7.85 Å². The van der Waals surface area contributed by atoms with Gasteiger partial charge >= 0.3 is 0 Å². The first-order valence-electron chi connectivity index (χ1n) is 2.46. The summed E-state index contributed by atoms with van der Waals surface area (Å²) >= 11 is 2.24. The third-order valence-electron chi connectivity index (χ3n) is 0.957. The minimum absolute atomic E-state index is 0.140. The Morgan fingerprint density at radius 2 is 2.38 bits per heavy atom. The Morgan fingerprint density at radius 1 is 1.88 bits per heavy atom. The van der Waals surface area contributed by atoms with E-state index in [-0.39, 0.29) is 5.81 Å². The molecule has 0 aliphatic rings. The van der Waals surface area contributed by atoms with Crippen LogP contribution in [0.4, 0.5) is 4.79 Å². The Morgan fingerprint density at radius 3 is 2.50 bits per heavy atom. The van der Waals surface area contributed by atoms with Crippen molar-refractivity contribution in [1.29, 1.82) is 0 Å². The lowest BCUT2D eigenvalue weighted by Gasteiger charge is -2.11. The molecule has 0 fully saturated rings. The average Bonchev–Trinajstić information content (AvgIpc) is 1.67. The van der Waals surface area contributed by atoms with Crippen LogP contribution >= 0.6 is 22.6 Å². The molecule has 1 amide bonds. The van der Waals surface area contributed by atoms with Gasteiger partial charge < -0.3 is 4.90 Å². The molecule has 0 radical (unpaired) electrons. The Balaban J connectivity index is 3.32. The number of halogens is 1. The average molecular weight is 225 g/mol. The SMILES string of the molecule is BC(=O)N(C)CCI. The van der Waals surface area contributed by atoms with Gasteiger partial charge in [0.1, 0.15) is 0 Å². The van der Waals surface area contributed by atoms with Crippen LogP contribution in [0.25, 0.3) is 0 Å². The zero-order valence-corrected chi connectivity index (χ0v) is 7.31. The van der Waals surface area contributed by atoms with Gasteiger partial charge in [-0.2, -0.15) is 0 Å². The largest absolute Gasteiger partial charge is 0.354 e. The van der Waals surface area contributed by atoms with Gasteiger partial charge in [-0.25, -0.2) is 0 Å². The van der Waals surface area contributed by atoms with Crippen molar-refractivity contribution in [2.24, 2.45) is 0 Å². The molecule has 0 saturated carbocycles. The van der Waals surface area contributed by atoms with Gasteiger partial charge in [-0.15, -0.1) is 0 Å². The third-order valence-corrected chi connectivity index (χ3v) is 1.44. The molecule has 0 saturated heterocycles. The van der Waals surface area contributed by atoms with E-state index < -0.39 is 0 Å². The molecule has 46 valence electrons. The number of carbonyl (C=O) groups excluding carboxylic acids is 1. The van der Waals surface area contributed by atoms with Crippen molar-refractivity contribution in [3.05, 3.63) is 0 Å². The van der Waals surface area contributed by atoms with Crippen molar-refractivity contribution in [3.8, 4) is 0 Å². The molecule has 0 atom stereocenters. The normalized spacial score (nSPS) is 8.75. The van der Waals surface area contributed by atoms with E-state index in [1.54, 1.807) is 19.8 Å². The van der Waals surface area contributed by atoms with Gasteiger partial charge in [-0.3, -0.25) is 4.79 Å². The van der Waals surface area contributed by atoms with Gasteiger partial charge in [-0.1, -0.05) is 22.6 Å². The topological polar surface area (TPSA) is 20.3 Å². The summed E-state index contributed by atoms with van der Waals surface area (Å²) in [6.07, 6.45) is 0. The van der Waals surface area contributed by atoms with Gasteiger partial charge in [0.15, 0.2) is 5.81 Å². The predicted octanol–water partition coefficient (Wildman–Crippen LogP) is 0.106. The van der Waals surface area contributed by atoms with Crippen LogP contribution in [0.15, 0.2) is 0 Å². The van der Waals surface area contributed by atoms with E-state index in [4.69, 9.17) is 0 Å². The molecule has 4 heteroatoms. The molecule has 0 rings (SSSR count). The number of amides is 1. The number of nitrogens with zero attached hydrogens (tertiary/aromatic N) is 1. The molecule has 0 aromatic heterocycles. The Hall–Kier alpha value is 0.265. The maximum atomic E-state index is 10.5. The second kappa shape index (κ2) is 4.17. The summed E-state index contributed by atoms with van der Waals surface area (Å²) < 4.78 is 1.01. The molecule has 2 nitrogen and oxygen atoms in total. The molecule has 0 aliphatic carbocycles. The van der Waals surface area contributed by atoms with Crippen molar-refractivity contribution in [3.63, 3.8) is 0 Å². The van der Waals surface area contributed by atoms with Crippen LogP contribution in [-0.2, 0) is 0 Å². The van der Waals surface area contributed by atoms with E-state index in [9.17, 15) is 4.79 Å². The van der Waals surface area contributed by atoms with Crippen molar-refractivity contribution >= 4 is 36.2 Å². The van der Waals surface area contributed by atoms with Crippen molar-refractivity contribution < 1.29 is 4.79 Å². The molecule has 0 spiro atoms. The monoisotopic (exact) mass is 225 g/mol. The lowest BCUT2D eigenvalue weighted by atomic mass is 10.1. The first kappa shape index (κ1) is 8.26. The fourth-order valence-electron chi connectivity index (χ4n) is 0.284. The first-order valence-corrected chi connectivity index (χ1v) is 3.98. The van der Waals surface area contributed by atoms with Crippen molar-refractivity contribution in [1.82, 2.24) is 4.90 Å². The first-order chi connectivity index (χ1) is 3.68. The van der Waals surface area contributed by atoms with Crippen LogP contribution in [0.3, 0.4) is 0 Å². The molecular weight excluding hydrogens is 216 g/mol. The summed E-state index contributed by atoms with van der Waals surface area (Å²) in [5.41, 5.74) is 0. The van der Waals surface area contributed by atoms with Crippen molar-refractivity contribution in [2.75, 3.05) is 18.0 Å². The summed E-state index contributed by atoms with van der Waals surface area (Å²) in [4.78, 5) is 12.2. The number of hydrogen-bond acceptors (Lipinski definition) is 1. The number of alkyl halides is 1. The van der Waals surface area contributed by atoms with E-state index in [0.29, 0.717) is 0 Å².